The number of allylic oxidation sites excluding steroid dienone is 4. The van der Waals surface area contributed by atoms with Crippen molar-refractivity contribution >= 4 is 0 Å². The van der Waals surface area contributed by atoms with Crippen LogP contribution in [0.2, 0.25) is 0 Å². The van der Waals surface area contributed by atoms with Crippen LogP contribution >= 0.6 is 0 Å². The lowest BCUT2D eigenvalue weighted by Crippen LogP contribution is -2.26. The van der Waals surface area contributed by atoms with Crippen molar-refractivity contribution in [3.05, 3.63) is 23.3 Å². The summed E-state index contributed by atoms with van der Waals surface area (Å²) in [6.07, 6.45) is 8.37. The zero-order chi connectivity index (χ0) is 13.8. The summed E-state index contributed by atoms with van der Waals surface area (Å²) in [7, 11) is 0. The van der Waals surface area contributed by atoms with Crippen LogP contribution in [0.4, 0.5) is 0 Å². The Morgan fingerprint density at radius 2 is 1.94 bits per heavy atom. The van der Waals surface area contributed by atoms with Gasteiger partial charge in [0.25, 0.3) is 0 Å². The van der Waals surface area contributed by atoms with Gasteiger partial charge in [-0.25, -0.2) is 0 Å². The first-order valence-corrected chi connectivity index (χ1v) is 7.01. The van der Waals surface area contributed by atoms with Gasteiger partial charge in [0.1, 0.15) is 0 Å². The Hall–Kier alpha value is -0.600. The van der Waals surface area contributed by atoms with E-state index < -0.39 is 5.60 Å². The third-order valence-corrected chi connectivity index (χ3v) is 3.76. The molecule has 104 valence electrons. The van der Waals surface area contributed by atoms with E-state index in [4.69, 9.17) is 0 Å². The summed E-state index contributed by atoms with van der Waals surface area (Å²) in [6.45, 7) is 8.19. The molecule has 1 aliphatic carbocycles. The van der Waals surface area contributed by atoms with Gasteiger partial charge in [0, 0.05) is 6.61 Å². The highest BCUT2D eigenvalue weighted by molar-refractivity contribution is 5.24. The Morgan fingerprint density at radius 3 is 2.39 bits per heavy atom. The molecular weight excluding hydrogens is 224 g/mol. The first-order chi connectivity index (χ1) is 8.31. The van der Waals surface area contributed by atoms with Crippen LogP contribution in [0.5, 0.6) is 0 Å². The molecular formula is C16H28O2. The third kappa shape index (κ3) is 5.36. The molecule has 0 aliphatic heterocycles. The molecule has 2 nitrogen and oxygen atoms in total. The second-order valence-electron chi connectivity index (χ2n) is 6.46. The zero-order valence-corrected chi connectivity index (χ0v) is 12.2. The number of aliphatic hydroxyl groups is 2. The molecule has 0 bridgehead atoms. The number of hydrogen-bond donors (Lipinski definition) is 2. The molecule has 0 heterocycles. The van der Waals surface area contributed by atoms with Gasteiger partial charge < -0.3 is 10.2 Å². The van der Waals surface area contributed by atoms with E-state index in [-0.39, 0.29) is 12.5 Å². The molecule has 0 fully saturated rings. The van der Waals surface area contributed by atoms with Gasteiger partial charge in [-0.3, -0.25) is 0 Å². The Bertz CT molecular complexity index is 320. The maximum Gasteiger partial charge on any atom is 0.0595 e. The zero-order valence-electron chi connectivity index (χ0n) is 12.2. The quantitative estimate of drug-likeness (QED) is 0.760. The first kappa shape index (κ1) is 15.5. The van der Waals surface area contributed by atoms with E-state index in [1.54, 1.807) is 0 Å². The lowest BCUT2D eigenvalue weighted by Gasteiger charge is -2.27. The van der Waals surface area contributed by atoms with E-state index >= 15 is 0 Å². The van der Waals surface area contributed by atoms with E-state index in [1.807, 2.05) is 13.8 Å². The fourth-order valence-electron chi connectivity index (χ4n) is 2.75. The monoisotopic (exact) mass is 252 g/mol. The molecule has 2 atom stereocenters. The fraction of sp³-hybridized carbons (Fsp3) is 0.750. The molecule has 0 aromatic heterocycles. The maximum atomic E-state index is 9.84. The third-order valence-electron chi connectivity index (χ3n) is 3.76. The Balaban J connectivity index is 2.54. The summed E-state index contributed by atoms with van der Waals surface area (Å²) in [6, 6.07) is 0. The first-order valence-electron chi connectivity index (χ1n) is 7.01. The van der Waals surface area contributed by atoms with Crippen molar-refractivity contribution in [2.24, 2.45) is 11.8 Å². The predicted octanol–water partition coefficient (Wildman–Crippen LogP) is 3.45. The Labute approximate surface area is 111 Å². The van der Waals surface area contributed by atoms with Crippen molar-refractivity contribution < 1.29 is 10.2 Å². The summed E-state index contributed by atoms with van der Waals surface area (Å²) in [5.41, 5.74) is 2.24. The van der Waals surface area contributed by atoms with Crippen molar-refractivity contribution in [1.29, 1.82) is 0 Å². The van der Waals surface area contributed by atoms with Crippen LogP contribution in [0.15, 0.2) is 23.3 Å². The van der Waals surface area contributed by atoms with Crippen molar-refractivity contribution in [2.75, 3.05) is 6.61 Å². The molecule has 0 amide bonds. The minimum Gasteiger partial charge on any atom is -0.396 e. The van der Waals surface area contributed by atoms with Crippen LogP contribution < -0.4 is 0 Å². The van der Waals surface area contributed by atoms with E-state index in [2.05, 4.69) is 26.0 Å². The normalized spacial score (nSPS) is 20.1. The molecule has 1 unspecified atom stereocenters. The van der Waals surface area contributed by atoms with E-state index in [0.717, 1.165) is 19.3 Å². The van der Waals surface area contributed by atoms with Crippen LogP contribution in [0.1, 0.15) is 53.4 Å². The second kappa shape index (κ2) is 6.53. The SMILES string of the molecule is CC1=CC=C([C@@H](C)CC(CO)CC(C)(C)O)CC1. The highest BCUT2D eigenvalue weighted by Gasteiger charge is 2.23. The Kier molecular flexibility index (Phi) is 5.61. The molecule has 0 spiro atoms. The topological polar surface area (TPSA) is 40.5 Å². The van der Waals surface area contributed by atoms with Gasteiger partial charge in [-0.15, -0.1) is 0 Å². The van der Waals surface area contributed by atoms with Crippen LogP contribution in [-0.4, -0.2) is 22.4 Å². The predicted molar refractivity (Wildman–Crippen MR) is 76.3 cm³/mol. The van der Waals surface area contributed by atoms with Gasteiger partial charge in [-0.2, -0.15) is 0 Å². The van der Waals surface area contributed by atoms with E-state index in [1.165, 1.54) is 11.1 Å². The van der Waals surface area contributed by atoms with Crippen LogP contribution in [-0.2, 0) is 0 Å². The van der Waals surface area contributed by atoms with Crippen LogP contribution in [0.3, 0.4) is 0 Å². The average Bonchev–Trinajstić information content (AvgIpc) is 2.27. The van der Waals surface area contributed by atoms with Gasteiger partial charge in [0.2, 0.25) is 0 Å². The highest BCUT2D eigenvalue weighted by atomic mass is 16.3. The molecule has 0 aromatic rings. The van der Waals surface area contributed by atoms with E-state index in [9.17, 15) is 10.2 Å². The summed E-state index contributed by atoms with van der Waals surface area (Å²) in [4.78, 5) is 0. The lowest BCUT2D eigenvalue weighted by atomic mass is 9.82. The number of rotatable bonds is 6. The Morgan fingerprint density at radius 1 is 1.28 bits per heavy atom. The van der Waals surface area contributed by atoms with Crippen molar-refractivity contribution in [3.63, 3.8) is 0 Å². The minimum atomic E-state index is -0.690. The smallest absolute Gasteiger partial charge is 0.0595 e. The largest absolute Gasteiger partial charge is 0.396 e. The number of aliphatic hydroxyl groups excluding tert-OH is 1. The van der Waals surface area contributed by atoms with E-state index in [0.29, 0.717) is 12.3 Å². The fourth-order valence-corrected chi connectivity index (χ4v) is 2.75. The molecule has 0 radical (unpaired) electrons. The van der Waals surface area contributed by atoms with Crippen molar-refractivity contribution in [3.8, 4) is 0 Å². The minimum absolute atomic E-state index is 0.163. The molecule has 1 rings (SSSR count). The second-order valence-corrected chi connectivity index (χ2v) is 6.46. The van der Waals surface area contributed by atoms with Gasteiger partial charge in [-0.05, 0) is 58.3 Å². The number of hydrogen-bond acceptors (Lipinski definition) is 2. The summed E-state index contributed by atoms with van der Waals surface area (Å²) < 4.78 is 0. The van der Waals surface area contributed by atoms with Crippen LogP contribution in [0, 0.1) is 11.8 Å². The molecule has 2 N–H and O–H groups in total. The highest BCUT2D eigenvalue weighted by Crippen LogP contribution is 2.30. The summed E-state index contributed by atoms with van der Waals surface area (Å²) in [5, 5.41) is 19.3. The van der Waals surface area contributed by atoms with Gasteiger partial charge >= 0.3 is 0 Å². The molecule has 18 heavy (non-hydrogen) atoms. The van der Waals surface area contributed by atoms with Crippen LogP contribution in [0.25, 0.3) is 0 Å². The average molecular weight is 252 g/mol. The van der Waals surface area contributed by atoms with Crippen molar-refractivity contribution in [1.82, 2.24) is 0 Å². The summed E-state index contributed by atoms with van der Waals surface area (Å²) in [5.74, 6) is 0.682. The molecule has 0 saturated carbocycles. The van der Waals surface area contributed by atoms with Gasteiger partial charge in [0.05, 0.1) is 5.60 Å². The lowest BCUT2D eigenvalue weighted by molar-refractivity contribution is 0.0357. The molecule has 2 heteroatoms. The molecule has 0 aromatic carbocycles. The standard InChI is InChI=1S/C16H28O2/c1-12-5-7-15(8-6-12)13(2)9-14(11-17)10-16(3,4)18/h5,7,13-14,17-18H,6,8-11H2,1-4H3/t13-,14?/m0/s1. The summed E-state index contributed by atoms with van der Waals surface area (Å²) >= 11 is 0. The van der Waals surface area contributed by atoms with Crippen molar-refractivity contribution in [2.45, 2.75) is 59.0 Å². The van der Waals surface area contributed by atoms with Gasteiger partial charge in [-0.1, -0.05) is 30.2 Å². The molecule has 0 saturated heterocycles. The maximum absolute atomic E-state index is 9.84. The van der Waals surface area contributed by atoms with Gasteiger partial charge in [0.15, 0.2) is 0 Å². The molecule has 1 aliphatic rings.